The van der Waals surface area contributed by atoms with Crippen molar-refractivity contribution in [3.05, 3.63) is 95.3 Å². The number of aromatic nitrogens is 1. The number of nitrogens with zero attached hydrogens (tertiary/aromatic N) is 1. The number of fused-ring (bicyclic) bond motifs is 1. The van der Waals surface area contributed by atoms with Crippen LogP contribution in [0.25, 0.3) is 0 Å². The van der Waals surface area contributed by atoms with Gasteiger partial charge in [-0.1, -0.05) is 48.5 Å². The van der Waals surface area contributed by atoms with E-state index in [2.05, 4.69) is 33.8 Å². The van der Waals surface area contributed by atoms with Gasteiger partial charge < -0.3 is 10.6 Å². The van der Waals surface area contributed by atoms with Crippen molar-refractivity contribution in [2.24, 2.45) is 0 Å². The zero-order valence-corrected chi connectivity index (χ0v) is 17.9. The summed E-state index contributed by atoms with van der Waals surface area (Å²) in [5.74, 6) is 0.0890. The number of nitrogens with one attached hydrogen (secondary N) is 2. The Morgan fingerprint density at radius 2 is 1.81 bits per heavy atom. The Labute approximate surface area is 183 Å². The van der Waals surface area contributed by atoms with Crippen LogP contribution in [0.15, 0.2) is 73.1 Å². The second kappa shape index (κ2) is 11.6. The summed E-state index contributed by atoms with van der Waals surface area (Å²) in [6, 6.07) is 19.8. The van der Waals surface area contributed by atoms with Gasteiger partial charge in [-0.05, 0) is 54.5 Å². The van der Waals surface area contributed by atoms with Crippen molar-refractivity contribution in [3.8, 4) is 0 Å². The molecule has 1 atom stereocenters. The molecule has 1 heterocycles. The molecule has 2 aromatic carbocycles. The summed E-state index contributed by atoms with van der Waals surface area (Å²) in [7, 11) is 1.88. The molecule has 2 N–H and O–H groups in total. The molecule has 0 radical (unpaired) electrons. The maximum Gasteiger partial charge on any atom is 0.220 e. The van der Waals surface area contributed by atoms with Gasteiger partial charge >= 0.3 is 0 Å². The maximum atomic E-state index is 12.3. The third kappa shape index (κ3) is 6.78. The molecule has 1 unspecified atom stereocenters. The minimum absolute atomic E-state index is 0.0890. The molecule has 0 spiro atoms. The summed E-state index contributed by atoms with van der Waals surface area (Å²) < 4.78 is 0. The van der Waals surface area contributed by atoms with E-state index in [-0.39, 0.29) is 11.9 Å². The Bertz CT molecular complexity index is 971. The third-order valence-corrected chi connectivity index (χ3v) is 5.43. The highest BCUT2D eigenvalue weighted by atomic mass is 16.1. The highest BCUT2D eigenvalue weighted by molar-refractivity contribution is 5.77. The van der Waals surface area contributed by atoms with Gasteiger partial charge in [0.25, 0.3) is 0 Å². The topological polar surface area (TPSA) is 71.1 Å². The first kappa shape index (κ1) is 22.2. The van der Waals surface area contributed by atoms with Crippen LogP contribution in [-0.4, -0.2) is 24.2 Å². The molecule has 1 amide bonds. The molecule has 4 rings (SSSR count). The number of pyridine rings is 1. The second-order valence-corrected chi connectivity index (χ2v) is 7.56. The van der Waals surface area contributed by atoms with Gasteiger partial charge in [0.05, 0.1) is 6.04 Å². The number of hydrogen-bond acceptors (Lipinski definition) is 4. The fourth-order valence-corrected chi connectivity index (χ4v) is 3.71. The Kier molecular flexibility index (Phi) is 8.35. The smallest absolute Gasteiger partial charge is 0.220 e. The lowest BCUT2D eigenvalue weighted by atomic mass is 9.87. The van der Waals surface area contributed by atoms with Gasteiger partial charge in [0.15, 0.2) is 0 Å². The number of anilines is 1. The standard InChI is InChI=1S/C20H21NO2.C6H8N2/c22-14-16-10-8-15(9-11-16)12-13-20(23)21-19-7-3-5-17-4-1-2-6-18(17)19;1-7-6-2-4-8-5-3-6/h1-2,4,6,8-11,14,19H,3,5,7,12-13H2,(H,21,23);2-5H,1H3,(H,7,8). The van der Waals surface area contributed by atoms with Crippen molar-refractivity contribution in [3.63, 3.8) is 0 Å². The molecule has 0 saturated heterocycles. The van der Waals surface area contributed by atoms with Crippen LogP contribution < -0.4 is 10.6 Å². The van der Waals surface area contributed by atoms with Crippen molar-refractivity contribution in [2.75, 3.05) is 12.4 Å². The van der Waals surface area contributed by atoms with E-state index in [1.807, 2.05) is 37.4 Å². The van der Waals surface area contributed by atoms with Crippen LogP contribution in [0.4, 0.5) is 5.69 Å². The van der Waals surface area contributed by atoms with Gasteiger partial charge in [-0.3, -0.25) is 14.6 Å². The molecule has 1 aliphatic rings. The van der Waals surface area contributed by atoms with E-state index >= 15 is 0 Å². The second-order valence-electron chi connectivity index (χ2n) is 7.56. The molecule has 160 valence electrons. The van der Waals surface area contributed by atoms with Crippen LogP contribution in [0, 0.1) is 0 Å². The minimum Gasteiger partial charge on any atom is -0.388 e. The number of carbonyl (C=O) groups excluding carboxylic acids is 2. The maximum absolute atomic E-state index is 12.3. The summed E-state index contributed by atoms with van der Waals surface area (Å²) in [6.07, 6.45) is 8.74. The van der Waals surface area contributed by atoms with Gasteiger partial charge in [0.2, 0.25) is 5.91 Å². The SMILES string of the molecule is CNc1ccncc1.O=Cc1ccc(CCC(=O)NC2CCCc3ccccc32)cc1. The number of amides is 1. The Balaban J connectivity index is 0.000000287. The molecule has 0 aliphatic heterocycles. The summed E-state index contributed by atoms with van der Waals surface area (Å²) in [5, 5.41) is 6.16. The van der Waals surface area contributed by atoms with Gasteiger partial charge in [-0.25, -0.2) is 0 Å². The van der Waals surface area contributed by atoms with Crippen molar-refractivity contribution in [1.82, 2.24) is 10.3 Å². The van der Waals surface area contributed by atoms with Crippen molar-refractivity contribution >= 4 is 17.9 Å². The molecule has 0 saturated carbocycles. The van der Waals surface area contributed by atoms with E-state index in [1.54, 1.807) is 24.5 Å². The summed E-state index contributed by atoms with van der Waals surface area (Å²) >= 11 is 0. The van der Waals surface area contributed by atoms with Gasteiger partial charge in [0.1, 0.15) is 6.29 Å². The van der Waals surface area contributed by atoms with Crippen LogP contribution in [-0.2, 0) is 17.6 Å². The van der Waals surface area contributed by atoms with Crippen LogP contribution in [0.2, 0.25) is 0 Å². The number of aryl methyl sites for hydroxylation is 2. The molecular formula is C26H29N3O2. The minimum atomic E-state index is 0.0890. The molecule has 0 bridgehead atoms. The lowest BCUT2D eigenvalue weighted by molar-refractivity contribution is -0.121. The number of aldehydes is 1. The van der Waals surface area contributed by atoms with Gasteiger partial charge in [-0.15, -0.1) is 0 Å². The zero-order chi connectivity index (χ0) is 21.9. The Hall–Kier alpha value is -3.47. The number of hydrogen-bond donors (Lipinski definition) is 2. The fraction of sp³-hybridized carbons (Fsp3) is 0.269. The Morgan fingerprint density at radius 1 is 1.06 bits per heavy atom. The van der Waals surface area contributed by atoms with Crippen LogP contribution in [0.1, 0.15) is 52.4 Å². The quantitative estimate of drug-likeness (QED) is 0.570. The number of benzene rings is 2. The van der Waals surface area contributed by atoms with Crippen molar-refractivity contribution < 1.29 is 9.59 Å². The van der Waals surface area contributed by atoms with E-state index in [4.69, 9.17) is 0 Å². The lowest BCUT2D eigenvalue weighted by Gasteiger charge is -2.26. The Morgan fingerprint density at radius 3 is 2.48 bits per heavy atom. The van der Waals surface area contributed by atoms with E-state index in [1.165, 1.54) is 11.1 Å². The number of carbonyl (C=O) groups is 2. The molecule has 5 nitrogen and oxygen atoms in total. The predicted molar refractivity (Wildman–Crippen MR) is 124 cm³/mol. The van der Waals surface area contributed by atoms with E-state index in [0.717, 1.165) is 36.8 Å². The summed E-state index contributed by atoms with van der Waals surface area (Å²) in [6.45, 7) is 0. The monoisotopic (exact) mass is 415 g/mol. The first-order valence-corrected chi connectivity index (χ1v) is 10.7. The van der Waals surface area contributed by atoms with Gasteiger partial charge in [0, 0.05) is 37.1 Å². The molecular weight excluding hydrogens is 386 g/mol. The zero-order valence-electron chi connectivity index (χ0n) is 17.9. The molecule has 5 heteroatoms. The molecule has 0 fully saturated rings. The predicted octanol–water partition coefficient (Wildman–Crippen LogP) is 4.75. The molecule has 3 aromatic rings. The van der Waals surface area contributed by atoms with E-state index < -0.39 is 0 Å². The first-order valence-electron chi connectivity index (χ1n) is 10.7. The summed E-state index contributed by atoms with van der Waals surface area (Å²) in [5.41, 5.74) is 5.46. The van der Waals surface area contributed by atoms with Crippen LogP contribution >= 0.6 is 0 Å². The van der Waals surface area contributed by atoms with Crippen molar-refractivity contribution in [2.45, 2.75) is 38.1 Å². The lowest BCUT2D eigenvalue weighted by Crippen LogP contribution is -2.31. The van der Waals surface area contributed by atoms with Crippen LogP contribution in [0.3, 0.4) is 0 Å². The molecule has 1 aromatic heterocycles. The fourth-order valence-electron chi connectivity index (χ4n) is 3.71. The van der Waals surface area contributed by atoms with Crippen LogP contribution in [0.5, 0.6) is 0 Å². The van der Waals surface area contributed by atoms with Gasteiger partial charge in [-0.2, -0.15) is 0 Å². The first-order chi connectivity index (χ1) is 15.2. The number of rotatable bonds is 6. The highest BCUT2D eigenvalue weighted by Crippen LogP contribution is 2.29. The third-order valence-electron chi connectivity index (χ3n) is 5.43. The normalized spacial score (nSPS) is 14.4. The molecule has 31 heavy (non-hydrogen) atoms. The molecule has 1 aliphatic carbocycles. The van der Waals surface area contributed by atoms with E-state index in [0.29, 0.717) is 18.4 Å². The summed E-state index contributed by atoms with van der Waals surface area (Å²) in [4.78, 5) is 26.7. The van der Waals surface area contributed by atoms with Crippen molar-refractivity contribution in [1.29, 1.82) is 0 Å². The average molecular weight is 416 g/mol. The van der Waals surface area contributed by atoms with E-state index in [9.17, 15) is 9.59 Å². The largest absolute Gasteiger partial charge is 0.388 e. The highest BCUT2D eigenvalue weighted by Gasteiger charge is 2.21. The average Bonchev–Trinajstić information content (AvgIpc) is 2.84.